The van der Waals surface area contributed by atoms with Crippen molar-refractivity contribution in [2.45, 2.75) is 19.3 Å². The van der Waals surface area contributed by atoms with Crippen LogP contribution >= 0.6 is 0 Å². The lowest BCUT2D eigenvalue weighted by Gasteiger charge is -2.26. The lowest BCUT2D eigenvalue weighted by atomic mass is 10.1. The average Bonchev–Trinajstić information content (AvgIpc) is 2.45. The molecule has 5 heteroatoms. The summed E-state index contributed by atoms with van der Waals surface area (Å²) in [6, 6.07) is 4.13. The van der Waals surface area contributed by atoms with E-state index in [1.807, 2.05) is 0 Å². The Hall–Kier alpha value is -2.17. The number of amides is 1. The Morgan fingerprint density at radius 3 is 2.50 bits per heavy atom. The van der Waals surface area contributed by atoms with E-state index in [2.05, 4.69) is 0 Å². The normalized spacial score (nSPS) is 15.6. The van der Waals surface area contributed by atoms with E-state index < -0.39 is 11.8 Å². The van der Waals surface area contributed by atoms with Crippen LogP contribution in [0.25, 0.3) is 6.08 Å². The molecule has 4 nitrogen and oxygen atoms in total. The monoisotopic (exact) mass is 277 g/mol. The van der Waals surface area contributed by atoms with Gasteiger partial charge in [0.05, 0.1) is 5.56 Å². The maximum absolute atomic E-state index is 14.0. The highest BCUT2D eigenvalue weighted by molar-refractivity contribution is 5.95. The molecule has 1 amide bonds. The molecule has 1 saturated heterocycles. The predicted octanol–water partition coefficient (Wildman–Crippen LogP) is 2.55. The largest absolute Gasteiger partial charge is 0.478 e. The third-order valence-corrected chi connectivity index (χ3v) is 3.29. The zero-order valence-electron chi connectivity index (χ0n) is 11.0. The molecule has 1 N–H and O–H groups in total. The lowest BCUT2D eigenvalue weighted by molar-refractivity contribution is -0.131. The number of rotatable bonds is 3. The molecule has 20 heavy (non-hydrogen) atoms. The number of hydrogen-bond acceptors (Lipinski definition) is 2. The number of hydrogen-bond donors (Lipinski definition) is 1. The van der Waals surface area contributed by atoms with Crippen molar-refractivity contribution in [2.24, 2.45) is 0 Å². The van der Waals surface area contributed by atoms with Gasteiger partial charge in [-0.1, -0.05) is 6.07 Å². The molecule has 1 aliphatic heterocycles. The Morgan fingerprint density at radius 2 is 1.90 bits per heavy atom. The van der Waals surface area contributed by atoms with Gasteiger partial charge in [0.1, 0.15) is 5.82 Å². The van der Waals surface area contributed by atoms with Crippen LogP contribution in [0.4, 0.5) is 4.39 Å². The minimum Gasteiger partial charge on any atom is -0.478 e. The van der Waals surface area contributed by atoms with E-state index in [0.29, 0.717) is 18.7 Å². The molecule has 0 aliphatic carbocycles. The van der Waals surface area contributed by atoms with Gasteiger partial charge >= 0.3 is 5.97 Å². The van der Waals surface area contributed by atoms with E-state index in [-0.39, 0.29) is 11.5 Å². The van der Waals surface area contributed by atoms with E-state index in [1.54, 1.807) is 11.0 Å². The van der Waals surface area contributed by atoms with E-state index in [0.717, 1.165) is 25.3 Å². The number of carbonyl (C=O) groups excluding carboxylic acids is 1. The van der Waals surface area contributed by atoms with Crippen molar-refractivity contribution in [3.63, 3.8) is 0 Å². The van der Waals surface area contributed by atoms with Gasteiger partial charge < -0.3 is 10.0 Å². The average molecular weight is 277 g/mol. The number of carbonyl (C=O) groups is 2. The first-order valence-corrected chi connectivity index (χ1v) is 6.58. The van der Waals surface area contributed by atoms with Crippen molar-refractivity contribution < 1.29 is 19.1 Å². The summed E-state index contributed by atoms with van der Waals surface area (Å²) in [6.07, 6.45) is 5.23. The molecule has 1 aromatic carbocycles. The van der Waals surface area contributed by atoms with Crippen molar-refractivity contribution in [2.75, 3.05) is 13.1 Å². The van der Waals surface area contributed by atoms with Gasteiger partial charge in [0.15, 0.2) is 0 Å². The molecule has 0 spiro atoms. The summed E-state index contributed by atoms with van der Waals surface area (Å²) in [7, 11) is 0. The molecule has 1 fully saturated rings. The molecule has 1 heterocycles. The summed E-state index contributed by atoms with van der Waals surface area (Å²) >= 11 is 0. The van der Waals surface area contributed by atoms with Gasteiger partial charge in [0, 0.05) is 19.2 Å². The fourth-order valence-corrected chi connectivity index (χ4v) is 2.24. The van der Waals surface area contributed by atoms with Gasteiger partial charge in [-0.05, 0) is 43.0 Å². The number of nitrogens with zero attached hydrogens (tertiary/aromatic N) is 1. The van der Waals surface area contributed by atoms with Gasteiger partial charge in [-0.2, -0.15) is 0 Å². The maximum Gasteiger partial charge on any atom is 0.328 e. The van der Waals surface area contributed by atoms with E-state index in [1.165, 1.54) is 18.2 Å². The van der Waals surface area contributed by atoms with Crippen LogP contribution in [0, 0.1) is 5.82 Å². The highest BCUT2D eigenvalue weighted by atomic mass is 19.1. The molecule has 0 unspecified atom stereocenters. The summed E-state index contributed by atoms with van der Waals surface area (Å²) in [6.45, 7) is 1.33. The van der Waals surface area contributed by atoms with Crippen LogP contribution in [0.1, 0.15) is 35.2 Å². The Balaban J connectivity index is 2.16. The maximum atomic E-state index is 14.0. The van der Waals surface area contributed by atoms with Crippen LogP contribution in [0.15, 0.2) is 24.3 Å². The fraction of sp³-hybridized carbons (Fsp3) is 0.333. The predicted molar refractivity (Wildman–Crippen MR) is 72.8 cm³/mol. The van der Waals surface area contributed by atoms with Crippen LogP contribution in [-0.2, 0) is 4.79 Å². The zero-order valence-corrected chi connectivity index (χ0v) is 11.0. The smallest absolute Gasteiger partial charge is 0.328 e. The first-order chi connectivity index (χ1) is 9.58. The first kappa shape index (κ1) is 14.2. The van der Waals surface area contributed by atoms with Crippen molar-refractivity contribution in [3.8, 4) is 0 Å². The summed E-state index contributed by atoms with van der Waals surface area (Å²) in [4.78, 5) is 24.2. The quantitative estimate of drug-likeness (QED) is 0.864. The number of benzene rings is 1. The lowest BCUT2D eigenvalue weighted by Crippen LogP contribution is -2.36. The van der Waals surface area contributed by atoms with Crippen LogP contribution < -0.4 is 0 Å². The second-order valence-electron chi connectivity index (χ2n) is 4.76. The number of piperidine rings is 1. The van der Waals surface area contributed by atoms with E-state index in [4.69, 9.17) is 5.11 Å². The Morgan fingerprint density at radius 1 is 1.20 bits per heavy atom. The standard InChI is InChI=1S/C15H16FNO3/c16-13-10-11(5-7-14(18)19)4-6-12(13)15(20)17-8-2-1-3-9-17/h4-7,10H,1-3,8-9H2,(H,18,19). The number of carboxylic acids is 1. The third kappa shape index (κ3) is 3.44. The SMILES string of the molecule is O=C(O)C=Cc1ccc(C(=O)N2CCCCC2)c(F)c1. The first-order valence-electron chi connectivity index (χ1n) is 6.58. The van der Waals surface area contributed by atoms with Crippen LogP contribution in [0.3, 0.4) is 0 Å². The minimum atomic E-state index is -1.10. The number of likely N-dealkylation sites (tertiary alicyclic amines) is 1. The summed E-state index contributed by atoms with van der Waals surface area (Å²) in [5.41, 5.74) is 0.458. The van der Waals surface area contributed by atoms with Crippen molar-refractivity contribution >= 4 is 18.0 Å². The number of aliphatic carboxylic acids is 1. The van der Waals surface area contributed by atoms with Crippen LogP contribution in [0.5, 0.6) is 0 Å². The van der Waals surface area contributed by atoms with Crippen molar-refractivity contribution in [3.05, 3.63) is 41.2 Å². The Labute approximate surface area is 116 Å². The fourth-order valence-electron chi connectivity index (χ4n) is 2.24. The second-order valence-corrected chi connectivity index (χ2v) is 4.76. The summed E-state index contributed by atoms with van der Waals surface area (Å²) in [5.74, 6) is -2.01. The Kier molecular flexibility index (Phi) is 4.50. The van der Waals surface area contributed by atoms with Gasteiger partial charge in [0.2, 0.25) is 0 Å². The van der Waals surface area contributed by atoms with E-state index in [9.17, 15) is 14.0 Å². The van der Waals surface area contributed by atoms with Gasteiger partial charge in [-0.15, -0.1) is 0 Å². The highest BCUT2D eigenvalue weighted by Crippen LogP contribution is 2.17. The highest BCUT2D eigenvalue weighted by Gasteiger charge is 2.20. The summed E-state index contributed by atoms with van der Waals surface area (Å²) < 4.78 is 14.0. The van der Waals surface area contributed by atoms with Crippen LogP contribution in [-0.4, -0.2) is 35.0 Å². The van der Waals surface area contributed by atoms with E-state index >= 15 is 0 Å². The molecule has 2 rings (SSSR count). The van der Waals surface area contributed by atoms with Gasteiger partial charge in [-0.25, -0.2) is 9.18 Å². The van der Waals surface area contributed by atoms with Crippen LogP contribution in [0.2, 0.25) is 0 Å². The summed E-state index contributed by atoms with van der Waals surface area (Å²) in [5, 5.41) is 8.52. The third-order valence-electron chi connectivity index (χ3n) is 3.29. The van der Waals surface area contributed by atoms with Gasteiger partial charge in [-0.3, -0.25) is 4.79 Å². The zero-order chi connectivity index (χ0) is 14.5. The molecule has 0 atom stereocenters. The molecular weight excluding hydrogens is 261 g/mol. The Bertz CT molecular complexity index is 548. The topological polar surface area (TPSA) is 57.6 Å². The molecule has 106 valence electrons. The van der Waals surface area contributed by atoms with Gasteiger partial charge in [0.25, 0.3) is 5.91 Å². The molecule has 0 bridgehead atoms. The molecule has 0 aromatic heterocycles. The molecular formula is C15H16FNO3. The molecule has 1 aliphatic rings. The van der Waals surface area contributed by atoms with Crippen molar-refractivity contribution in [1.29, 1.82) is 0 Å². The molecule has 0 radical (unpaired) electrons. The second kappa shape index (κ2) is 6.32. The minimum absolute atomic E-state index is 0.0411. The molecule has 1 aromatic rings. The number of halogens is 1. The van der Waals surface area contributed by atoms with Crippen molar-refractivity contribution in [1.82, 2.24) is 4.90 Å². The number of carboxylic acid groups (broad SMARTS) is 1. The molecule has 0 saturated carbocycles.